The smallest absolute Gasteiger partial charge is 0.326 e. The van der Waals surface area contributed by atoms with Crippen LogP contribution < -0.4 is 0 Å². The van der Waals surface area contributed by atoms with E-state index >= 15 is 0 Å². The molecule has 1 aliphatic heterocycles. The fourth-order valence-electron chi connectivity index (χ4n) is 1.52. The Hall–Kier alpha value is -1.04. The number of halogens is 3. The van der Waals surface area contributed by atoms with Gasteiger partial charge in [-0.2, -0.15) is 13.2 Å². The summed E-state index contributed by atoms with van der Waals surface area (Å²) < 4.78 is 37.3. The van der Waals surface area contributed by atoms with Crippen LogP contribution in [0.25, 0.3) is 0 Å². The van der Waals surface area contributed by atoms with Crippen LogP contribution in [0.15, 0.2) is 11.6 Å². The first kappa shape index (κ1) is 12.0. The van der Waals surface area contributed by atoms with Crippen molar-refractivity contribution in [3.63, 3.8) is 0 Å². The summed E-state index contributed by atoms with van der Waals surface area (Å²) in [7, 11) is 4.79. The molecule has 1 aliphatic rings. The molecule has 0 aliphatic carbocycles. The van der Waals surface area contributed by atoms with Gasteiger partial charge < -0.3 is 4.90 Å². The van der Waals surface area contributed by atoms with Crippen LogP contribution in [-0.4, -0.2) is 49.2 Å². The first-order valence-corrected chi connectivity index (χ1v) is 4.44. The fraction of sp³-hybridized carbons (Fsp3) is 0.667. The molecule has 6 heteroatoms. The number of hydrogen-bond acceptors (Lipinski definition) is 2. The highest BCUT2D eigenvalue weighted by atomic mass is 19.4. The Morgan fingerprint density at radius 2 is 2.00 bits per heavy atom. The van der Waals surface area contributed by atoms with E-state index in [0.717, 1.165) is 0 Å². The van der Waals surface area contributed by atoms with E-state index in [-0.39, 0.29) is 6.42 Å². The van der Waals surface area contributed by atoms with Gasteiger partial charge in [-0.1, -0.05) is 0 Å². The lowest BCUT2D eigenvalue weighted by atomic mass is 10.0. The Kier molecular flexibility index (Phi) is 3.08. The number of hydrogen-bond donors (Lipinski definition) is 0. The second-order valence-electron chi connectivity index (χ2n) is 3.76. The minimum atomic E-state index is -4.41. The van der Waals surface area contributed by atoms with E-state index in [9.17, 15) is 18.0 Å². The highest BCUT2D eigenvalue weighted by molar-refractivity contribution is 5.89. The van der Waals surface area contributed by atoms with Gasteiger partial charge in [0.25, 0.3) is 0 Å². The number of nitrogens with zero attached hydrogens (tertiary/aromatic N) is 2. The maximum atomic E-state index is 12.4. The van der Waals surface area contributed by atoms with Crippen LogP contribution in [0.2, 0.25) is 0 Å². The van der Waals surface area contributed by atoms with Gasteiger partial charge in [-0.3, -0.25) is 9.69 Å². The molecule has 1 atom stereocenters. The molecule has 0 aromatic carbocycles. The molecule has 3 nitrogen and oxygen atoms in total. The number of rotatable bonds is 1. The molecule has 0 N–H and O–H groups in total. The van der Waals surface area contributed by atoms with Gasteiger partial charge in [-0.05, 0) is 14.1 Å². The monoisotopic (exact) mass is 222 g/mol. The Morgan fingerprint density at radius 3 is 2.40 bits per heavy atom. The average Bonchev–Trinajstić information content (AvgIpc) is 2.06. The molecule has 1 unspecified atom stereocenters. The molecule has 0 aromatic heterocycles. The maximum absolute atomic E-state index is 12.4. The van der Waals surface area contributed by atoms with E-state index in [1.165, 1.54) is 11.9 Å². The van der Waals surface area contributed by atoms with Gasteiger partial charge in [0.1, 0.15) is 0 Å². The van der Waals surface area contributed by atoms with Gasteiger partial charge in [-0.15, -0.1) is 0 Å². The Morgan fingerprint density at radius 1 is 1.47 bits per heavy atom. The molecule has 0 aromatic rings. The number of alkyl halides is 3. The zero-order valence-electron chi connectivity index (χ0n) is 8.80. The first-order chi connectivity index (χ1) is 6.73. The zero-order valence-corrected chi connectivity index (χ0v) is 8.80. The molecule has 1 amide bonds. The van der Waals surface area contributed by atoms with Crippen molar-refractivity contribution in [2.45, 2.75) is 18.8 Å². The third-order valence-corrected chi connectivity index (χ3v) is 2.46. The van der Waals surface area contributed by atoms with Crippen molar-refractivity contribution in [1.82, 2.24) is 9.80 Å². The largest absolute Gasteiger partial charge is 0.413 e. The molecule has 0 spiro atoms. The van der Waals surface area contributed by atoms with E-state index in [0.29, 0.717) is 6.08 Å². The van der Waals surface area contributed by atoms with Crippen molar-refractivity contribution in [1.29, 1.82) is 0 Å². The topological polar surface area (TPSA) is 23.6 Å². The number of carbonyl (C=O) groups is 1. The molecule has 86 valence electrons. The van der Waals surface area contributed by atoms with Crippen molar-refractivity contribution < 1.29 is 18.0 Å². The summed E-state index contributed by atoms with van der Waals surface area (Å²) in [6.45, 7) is 0. The second-order valence-corrected chi connectivity index (χ2v) is 3.76. The van der Waals surface area contributed by atoms with E-state index in [2.05, 4.69) is 0 Å². The molecule has 1 rings (SSSR count). The summed E-state index contributed by atoms with van der Waals surface area (Å²) in [6, 6.07) is 0. The van der Waals surface area contributed by atoms with Crippen molar-refractivity contribution in [3.8, 4) is 0 Å². The van der Waals surface area contributed by atoms with E-state index in [1.807, 2.05) is 0 Å². The lowest BCUT2D eigenvalue weighted by molar-refractivity contribution is -0.135. The quantitative estimate of drug-likeness (QED) is 0.666. The third kappa shape index (κ3) is 2.50. The fourth-order valence-corrected chi connectivity index (χ4v) is 1.52. The minimum absolute atomic E-state index is 0.182. The van der Waals surface area contributed by atoms with E-state index in [1.54, 1.807) is 19.0 Å². The molecule has 0 saturated heterocycles. The van der Waals surface area contributed by atoms with Crippen LogP contribution >= 0.6 is 0 Å². The van der Waals surface area contributed by atoms with Crippen LogP contribution in [0.5, 0.6) is 0 Å². The molecule has 1 heterocycles. The van der Waals surface area contributed by atoms with Gasteiger partial charge >= 0.3 is 6.18 Å². The lowest BCUT2D eigenvalue weighted by Gasteiger charge is -2.36. The predicted molar refractivity (Wildman–Crippen MR) is 49.0 cm³/mol. The highest BCUT2D eigenvalue weighted by Crippen LogP contribution is 2.32. The minimum Gasteiger partial charge on any atom is -0.326 e. The van der Waals surface area contributed by atoms with Gasteiger partial charge in [0.2, 0.25) is 5.91 Å². The average molecular weight is 222 g/mol. The molecule has 0 fully saturated rings. The summed E-state index contributed by atoms with van der Waals surface area (Å²) in [6.07, 6.45) is -4.46. The first-order valence-electron chi connectivity index (χ1n) is 4.44. The standard InChI is InChI=1S/C9H13F3N2O/c1-13(2)7-4-6(9(10,11)12)5-8(15)14(7)3/h5,7H,4H2,1-3H3. The Labute approximate surface area is 86.1 Å². The maximum Gasteiger partial charge on any atom is 0.413 e. The molecular formula is C9H13F3N2O. The normalized spacial score (nSPS) is 23.4. The third-order valence-electron chi connectivity index (χ3n) is 2.46. The second kappa shape index (κ2) is 3.84. The van der Waals surface area contributed by atoms with Crippen LogP contribution in [0.4, 0.5) is 13.2 Å². The SMILES string of the molecule is CN(C)C1CC(C(F)(F)F)=CC(=O)N1C. The predicted octanol–water partition coefficient (Wildman–Crippen LogP) is 1.22. The summed E-state index contributed by atoms with van der Waals surface area (Å²) in [5.41, 5.74) is -0.760. The summed E-state index contributed by atoms with van der Waals surface area (Å²) >= 11 is 0. The van der Waals surface area contributed by atoms with Gasteiger partial charge in [-0.25, -0.2) is 0 Å². The molecule has 15 heavy (non-hydrogen) atoms. The van der Waals surface area contributed by atoms with Gasteiger partial charge in [0, 0.05) is 25.1 Å². The summed E-state index contributed by atoms with van der Waals surface area (Å²) in [4.78, 5) is 14.2. The van der Waals surface area contributed by atoms with Crippen molar-refractivity contribution in [2.24, 2.45) is 0 Å². The highest BCUT2D eigenvalue weighted by Gasteiger charge is 2.40. The Balaban J connectivity index is 2.97. The van der Waals surface area contributed by atoms with Crippen molar-refractivity contribution in [2.75, 3.05) is 21.1 Å². The summed E-state index contributed by atoms with van der Waals surface area (Å²) in [5, 5.41) is 0. The van der Waals surface area contributed by atoms with Crippen molar-refractivity contribution >= 4 is 5.91 Å². The zero-order chi connectivity index (χ0) is 11.8. The molecular weight excluding hydrogens is 209 g/mol. The van der Waals surface area contributed by atoms with Gasteiger partial charge in [0.15, 0.2) is 0 Å². The molecule has 0 bridgehead atoms. The molecule has 0 radical (unpaired) electrons. The van der Waals surface area contributed by atoms with Gasteiger partial charge in [0.05, 0.1) is 6.17 Å². The molecule has 0 saturated carbocycles. The number of amides is 1. The lowest BCUT2D eigenvalue weighted by Crippen LogP contribution is -2.49. The van der Waals surface area contributed by atoms with Crippen LogP contribution in [0, 0.1) is 0 Å². The van der Waals surface area contributed by atoms with Crippen LogP contribution in [0.3, 0.4) is 0 Å². The van der Waals surface area contributed by atoms with Crippen molar-refractivity contribution in [3.05, 3.63) is 11.6 Å². The summed E-state index contributed by atoms with van der Waals surface area (Å²) in [5.74, 6) is -0.604. The Bertz CT molecular complexity index is 296. The van der Waals surface area contributed by atoms with Crippen LogP contribution in [0.1, 0.15) is 6.42 Å². The number of likely N-dealkylation sites (N-methyl/N-ethyl adjacent to an activating group) is 1. The van der Waals surface area contributed by atoms with Crippen LogP contribution in [-0.2, 0) is 4.79 Å². The van der Waals surface area contributed by atoms with E-state index in [4.69, 9.17) is 0 Å². The number of carbonyl (C=O) groups excluding carboxylic acids is 1. The van der Waals surface area contributed by atoms with E-state index < -0.39 is 23.8 Å².